The predicted octanol–water partition coefficient (Wildman–Crippen LogP) is 4.44. The van der Waals surface area contributed by atoms with Crippen LogP contribution in [0, 0.1) is 12.8 Å². The Labute approximate surface area is 164 Å². The van der Waals surface area contributed by atoms with Crippen LogP contribution in [0.1, 0.15) is 19.4 Å². The van der Waals surface area contributed by atoms with Crippen molar-refractivity contribution in [2.24, 2.45) is 5.92 Å². The number of methoxy groups -OCH3 is 1. The van der Waals surface area contributed by atoms with E-state index in [1.165, 1.54) is 7.11 Å². The van der Waals surface area contributed by atoms with Crippen LogP contribution < -0.4 is 20.7 Å². The smallest absolute Gasteiger partial charge is 0.319 e. The molecule has 0 aliphatic carbocycles. The molecule has 0 radical (unpaired) electrons. The Morgan fingerprint density at radius 3 is 2.33 bits per heavy atom. The van der Waals surface area contributed by atoms with E-state index in [9.17, 15) is 9.59 Å². The lowest BCUT2D eigenvalue weighted by atomic mass is 10.0. The number of ether oxygens (including phenoxy) is 1. The first-order valence-corrected chi connectivity index (χ1v) is 8.97. The average Bonchev–Trinajstić information content (AvgIpc) is 2.63. The van der Waals surface area contributed by atoms with Gasteiger partial charge < -0.3 is 20.7 Å². The largest absolute Gasteiger partial charge is 0.495 e. The Morgan fingerprint density at radius 2 is 1.74 bits per heavy atom. The molecule has 0 fully saturated rings. The van der Waals surface area contributed by atoms with E-state index in [1.807, 2.05) is 39.0 Å². The number of carbonyl (C=O) groups excluding carboxylic acids is 2. The van der Waals surface area contributed by atoms with Crippen LogP contribution in [0.5, 0.6) is 5.75 Å². The van der Waals surface area contributed by atoms with Crippen molar-refractivity contribution in [3.63, 3.8) is 0 Å². The summed E-state index contributed by atoms with van der Waals surface area (Å²) in [6, 6.07) is 11.2. The van der Waals surface area contributed by atoms with Crippen molar-refractivity contribution in [2.75, 3.05) is 17.7 Å². The highest BCUT2D eigenvalue weighted by molar-refractivity contribution is 6.31. The van der Waals surface area contributed by atoms with Gasteiger partial charge >= 0.3 is 6.03 Å². The zero-order valence-corrected chi connectivity index (χ0v) is 16.6. The molecule has 0 saturated carbocycles. The van der Waals surface area contributed by atoms with Crippen molar-refractivity contribution in [3.8, 4) is 5.75 Å². The number of amides is 3. The molecule has 3 amide bonds. The van der Waals surface area contributed by atoms with Gasteiger partial charge in [0.1, 0.15) is 11.8 Å². The first-order valence-electron chi connectivity index (χ1n) is 8.59. The number of halogens is 1. The highest BCUT2D eigenvalue weighted by Gasteiger charge is 2.25. The average molecular weight is 390 g/mol. The molecule has 7 heteroatoms. The van der Waals surface area contributed by atoms with E-state index < -0.39 is 12.1 Å². The lowest BCUT2D eigenvalue weighted by molar-refractivity contribution is -0.118. The van der Waals surface area contributed by atoms with Crippen molar-refractivity contribution < 1.29 is 14.3 Å². The molecule has 2 aromatic rings. The van der Waals surface area contributed by atoms with Crippen molar-refractivity contribution >= 4 is 34.9 Å². The van der Waals surface area contributed by atoms with Crippen LogP contribution in [0.15, 0.2) is 42.5 Å². The van der Waals surface area contributed by atoms with Gasteiger partial charge in [0.05, 0.1) is 12.8 Å². The molecule has 2 rings (SSSR count). The van der Waals surface area contributed by atoms with Gasteiger partial charge in [-0.25, -0.2) is 4.79 Å². The molecule has 0 spiro atoms. The molecular weight excluding hydrogens is 366 g/mol. The number of anilines is 2. The number of aryl methyl sites for hydroxylation is 1. The number of benzene rings is 2. The van der Waals surface area contributed by atoms with Gasteiger partial charge in [0.2, 0.25) is 5.91 Å². The van der Waals surface area contributed by atoms with Gasteiger partial charge in [-0.3, -0.25) is 4.79 Å². The molecule has 0 bridgehead atoms. The number of rotatable bonds is 6. The van der Waals surface area contributed by atoms with Crippen molar-refractivity contribution in [3.05, 3.63) is 53.1 Å². The Morgan fingerprint density at radius 1 is 1.07 bits per heavy atom. The van der Waals surface area contributed by atoms with Crippen LogP contribution in [0.25, 0.3) is 0 Å². The third-order valence-electron chi connectivity index (χ3n) is 4.01. The second-order valence-corrected chi connectivity index (χ2v) is 6.88. The van der Waals surface area contributed by atoms with Gasteiger partial charge in [0.15, 0.2) is 0 Å². The monoisotopic (exact) mass is 389 g/mol. The topological polar surface area (TPSA) is 79.5 Å². The van der Waals surface area contributed by atoms with E-state index in [1.54, 1.807) is 24.3 Å². The van der Waals surface area contributed by atoms with Crippen LogP contribution in [-0.2, 0) is 4.79 Å². The van der Waals surface area contributed by atoms with E-state index >= 15 is 0 Å². The fraction of sp³-hybridized carbons (Fsp3) is 0.300. The SMILES string of the molecule is COc1cc(Cl)c(C)cc1NC(=O)[C@@H](NC(=O)Nc1ccccc1)C(C)C. The zero-order chi connectivity index (χ0) is 20.0. The summed E-state index contributed by atoms with van der Waals surface area (Å²) in [7, 11) is 1.50. The third-order valence-corrected chi connectivity index (χ3v) is 4.41. The molecule has 0 saturated heterocycles. The highest BCUT2D eigenvalue weighted by Crippen LogP contribution is 2.31. The number of urea groups is 1. The van der Waals surface area contributed by atoms with Crippen molar-refractivity contribution in [1.82, 2.24) is 5.32 Å². The minimum atomic E-state index is -0.727. The first kappa shape index (κ1) is 20.6. The van der Waals surface area contributed by atoms with Gasteiger partial charge in [-0.05, 0) is 36.6 Å². The molecule has 144 valence electrons. The summed E-state index contributed by atoms with van der Waals surface area (Å²) in [5.74, 6) is -0.00524. The molecule has 0 aliphatic heterocycles. The van der Waals surface area contributed by atoms with Crippen LogP contribution in [0.2, 0.25) is 5.02 Å². The summed E-state index contributed by atoms with van der Waals surface area (Å²) in [5, 5.41) is 8.79. The maximum Gasteiger partial charge on any atom is 0.319 e. The maximum atomic E-state index is 12.8. The summed E-state index contributed by atoms with van der Waals surface area (Å²) >= 11 is 6.10. The van der Waals surface area contributed by atoms with Crippen LogP contribution in [0.3, 0.4) is 0 Å². The summed E-state index contributed by atoms with van der Waals surface area (Å²) in [4.78, 5) is 25.0. The van der Waals surface area contributed by atoms with E-state index in [0.717, 1.165) is 5.56 Å². The van der Waals surface area contributed by atoms with Gasteiger partial charge in [0, 0.05) is 16.8 Å². The first-order chi connectivity index (χ1) is 12.8. The van der Waals surface area contributed by atoms with Crippen LogP contribution >= 0.6 is 11.6 Å². The van der Waals surface area contributed by atoms with Crippen LogP contribution in [0.4, 0.5) is 16.2 Å². The van der Waals surface area contributed by atoms with Gasteiger partial charge in [-0.2, -0.15) is 0 Å². The maximum absolute atomic E-state index is 12.8. The molecule has 0 aliphatic rings. The molecule has 0 unspecified atom stereocenters. The van der Waals surface area contributed by atoms with E-state index in [-0.39, 0.29) is 11.8 Å². The minimum absolute atomic E-state index is 0.120. The number of hydrogen-bond acceptors (Lipinski definition) is 3. The van der Waals surface area contributed by atoms with Crippen molar-refractivity contribution in [1.29, 1.82) is 0 Å². The third kappa shape index (κ3) is 5.62. The molecule has 0 aromatic heterocycles. The van der Waals surface area contributed by atoms with Gasteiger partial charge in [-0.15, -0.1) is 0 Å². The van der Waals surface area contributed by atoms with Crippen LogP contribution in [-0.4, -0.2) is 25.1 Å². The predicted molar refractivity (Wildman–Crippen MR) is 109 cm³/mol. The Bertz CT molecular complexity index is 810. The molecule has 2 aromatic carbocycles. The molecule has 27 heavy (non-hydrogen) atoms. The standard InChI is InChI=1S/C20H24ClN3O3/c1-12(2)18(24-20(26)22-14-8-6-5-7-9-14)19(25)23-16-10-13(3)15(21)11-17(16)27-4/h5-12,18H,1-4H3,(H,23,25)(H2,22,24,26)/t18-/m0/s1. The fourth-order valence-electron chi connectivity index (χ4n) is 2.51. The number of nitrogens with one attached hydrogen (secondary N) is 3. The second kappa shape index (κ2) is 9.28. The summed E-state index contributed by atoms with van der Waals surface area (Å²) in [6.07, 6.45) is 0. The van der Waals surface area contributed by atoms with Crippen molar-refractivity contribution in [2.45, 2.75) is 26.8 Å². The molecule has 0 heterocycles. The Hall–Kier alpha value is -2.73. The molecular formula is C20H24ClN3O3. The quantitative estimate of drug-likeness (QED) is 0.683. The minimum Gasteiger partial charge on any atom is -0.495 e. The Balaban J connectivity index is 2.11. The molecule has 3 N–H and O–H groups in total. The molecule has 1 atom stereocenters. The summed E-state index contributed by atoms with van der Waals surface area (Å²) in [5.41, 5.74) is 1.96. The second-order valence-electron chi connectivity index (χ2n) is 6.48. The van der Waals surface area contributed by atoms with E-state index in [4.69, 9.17) is 16.3 Å². The number of hydrogen-bond donors (Lipinski definition) is 3. The zero-order valence-electron chi connectivity index (χ0n) is 15.8. The lowest BCUT2D eigenvalue weighted by Crippen LogP contribution is -2.48. The molecule has 6 nitrogen and oxygen atoms in total. The number of para-hydroxylation sites is 1. The summed E-state index contributed by atoms with van der Waals surface area (Å²) in [6.45, 7) is 5.55. The van der Waals surface area contributed by atoms with Gasteiger partial charge in [-0.1, -0.05) is 43.6 Å². The normalized spacial score (nSPS) is 11.6. The lowest BCUT2D eigenvalue weighted by Gasteiger charge is -2.23. The van der Waals surface area contributed by atoms with E-state index in [0.29, 0.717) is 22.1 Å². The fourth-order valence-corrected chi connectivity index (χ4v) is 2.66. The summed E-state index contributed by atoms with van der Waals surface area (Å²) < 4.78 is 5.28. The Kier molecular flexibility index (Phi) is 7.07. The van der Waals surface area contributed by atoms with E-state index in [2.05, 4.69) is 16.0 Å². The number of carbonyl (C=O) groups is 2. The van der Waals surface area contributed by atoms with Gasteiger partial charge in [0.25, 0.3) is 0 Å². The highest BCUT2D eigenvalue weighted by atomic mass is 35.5.